The molecule has 0 atom stereocenters. The van der Waals surface area contributed by atoms with Crippen LogP contribution in [0.25, 0.3) is 0 Å². The first-order valence-corrected chi connectivity index (χ1v) is 7.65. The van der Waals surface area contributed by atoms with Gasteiger partial charge in [0.15, 0.2) is 0 Å². The minimum absolute atomic E-state index is 0.00842. The standard InChI is InChI=1S/C12H17ClN2O3S/c1-8(2)7-15-12(16)10-6-9(4-5-11(10)13)19(17,18)14-3/h4-6,8,14H,7H2,1-3H3,(H,15,16). The van der Waals surface area contributed by atoms with E-state index in [0.717, 1.165) is 0 Å². The minimum atomic E-state index is -3.59. The monoisotopic (exact) mass is 304 g/mol. The summed E-state index contributed by atoms with van der Waals surface area (Å²) in [6.45, 7) is 4.42. The van der Waals surface area contributed by atoms with Gasteiger partial charge in [-0.15, -0.1) is 0 Å². The lowest BCUT2D eigenvalue weighted by molar-refractivity contribution is 0.0949. The smallest absolute Gasteiger partial charge is 0.252 e. The summed E-state index contributed by atoms with van der Waals surface area (Å²) >= 11 is 5.92. The van der Waals surface area contributed by atoms with Gasteiger partial charge in [-0.1, -0.05) is 25.4 Å². The zero-order valence-corrected chi connectivity index (χ0v) is 12.6. The first-order chi connectivity index (χ1) is 8.77. The van der Waals surface area contributed by atoms with E-state index < -0.39 is 10.0 Å². The quantitative estimate of drug-likeness (QED) is 0.868. The van der Waals surface area contributed by atoms with Crippen LogP contribution in [-0.2, 0) is 10.0 Å². The van der Waals surface area contributed by atoms with Gasteiger partial charge in [0.2, 0.25) is 10.0 Å². The molecule has 7 heteroatoms. The molecule has 1 rings (SSSR count). The third-order valence-corrected chi connectivity index (χ3v) is 4.17. The van der Waals surface area contributed by atoms with E-state index in [1.807, 2.05) is 13.8 Å². The Bertz CT molecular complexity index is 570. The third kappa shape index (κ3) is 4.19. The molecule has 0 fully saturated rings. The van der Waals surface area contributed by atoms with Crippen LogP contribution < -0.4 is 10.0 Å². The third-order valence-electron chi connectivity index (χ3n) is 2.43. The van der Waals surface area contributed by atoms with Gasteiger partial charge in [0.1, 0.15) is 0 Å². The number of carbonyl (C=O) groups excluding carboxylic acids is 1. The topological polar surface area (TPSA) is 75.3 Å². The molecule has 0 aromatic heterocycles. The second-order valence-corrected chi connectivity index (χ2v) is 6.75. The van der Waals surface area contributed by atoms with Crippen LogP contribution in [0.1, 0.15) is 24.2 Å². The SMILES string of the molecule is CNS(=O)(=O)c1ccc(Cl)c(C(=O)NCC(C)C)c1. The molecule has 2 N–H and O–H groups in total. The fourth-order valence-corrected chi connectivity index (χ4v) is 2.31. The highest BCUT2D eigenvalue weighted by Crippen LogP contribution is 2.20. The lowest BCUT2D eigenvalue weighted by atomic mass is 10.2. The highest BCUT2D eigenvalue weighted by molar-refractivity contribution is 7.89. The molecule has 0 heterocycles. The zero-order chi connectivity index (χ0) is 14.6. The molecule has 0 bridgehead atoms. The van der Waals surface area contributed by atoms with Gasteiger partial charge >= 0.3 is 0 Å². The van der Waals surface area contributed by atoms with Crippen LogP contribution in [0.4, 0.5) is 0 Å². The van der Waals surface area contributed by atoms with Gasteiger partial charge in [-0.25, -0.2) is 13.1 Å². The van der Waals surface area contributed by atoms with Crippen molar-refractivity contribution in [1.82, 2.24) is 10.0 Å². The van der Waals surface area contributed by atoms with Crippen molar-refractivity contribution in [3.63, 3.8) is 0 Å². The van der Waals surface area contributed by atoms with E-state index in [1.165, 1.54) is 25.2 Å². The molecule has 19 heavy (non-hydrogen) atoms. The predicted molar refractivity (Wildman–Crippen MR) is 74.9 cm³/mol. The van der Waals surface area contributed by atoms with Crippen molar-refractivity contribution in [2.24, 2.45) is 5.92 Å². The summed E-state index contributed by atoms with van der Waals surface area (Å²) < 4.78 is 25.5. The van der Waals surface area contributed by atoms with E-state index in [0.29, 0.717) is 12.5 Å². The van der Waals surface area contributed by atoms with E-state index in [9.17, 15) is 13.2 Å². The molecule has 0 unspecified atom stereocenters. The summed E-state index contributed by atoms with van der Waals surface area (Å²) in [5, 5.41) is 2.92. The summed E-state index contributed by atoms with van der Waals surface area (Å²) in [4.78, 5) is 11.9. The van der Waals surface area contributed by atoms with Crippen molar-refractivity contribution in [3.05, 3.63) is 28.8 Å². The molecule has 1 amide bonds. The van der Waals surface area contributed by atoms with Gasteiger partial charge in [0, 0.05) is 6.54 Å². The molecule has 0 radical (unpaired) electrons. The maximum Gasteiger partial charge on any atom is 0.252 e. The van der Waals surface area contributed by atoms with Crippen LogP contribution in [0.2, 0.25) is 5.02 Å². The number of carbonyl (C=O) groups is 1. The predicted octanol–water partition coefficient (Wildman–Crippen LogP) is 1.63. The Labute approximate surface area is 118 Å². The molecule has 106 valence electrons. The average Bonchev–Trinajstić information content (AvgIpc) is 2.36. The van der Waals surface area contributed by atoms with Crippen molar-refractivity contribution in [1.29, 1.82) is 0 Å². The van der Waals surface area contributed by atoms with E-state index in [2.05, 4.69) is 10.0 Å². The Morgan fingerprint density at radius 1 is 1.37 bits per heavy atom. The lowest BCUT2D eigenvalue weighted by Gasteiger charge is -2.10. The number of rotatable bonds is 5. The van der Waals surface area contributed by atoms with Crippen molar-refractivity contribution < 1.29 is 13.2 Å². The highest BCUT2D eigenvalue weighted by atomic mass is 35.5. The largest absolute Gasteiger partial charge is 0.352 e. The van der Waals surface area contributed by atoms with Gasteiger partial charge < -0.3 is 5.32 Å². The Balaban J connectivity index is 3.08. The van der Waals surface area contributed by atoms with E-state index in [1.54, 1.807) is 0 Å². The minimum Gasteiger partial charge on any atom is -0.352 e. The normalized spacial score (nSPS) is 11.6. The van der Waals surface area contributed by atoms with E-state index in [4.69, 9.17) is 11.6 Å². The van der Waals surface area contributed by atoms with Crippen LogP contribution in [0.5, 0.6) is 0 Å². The molecular weight excluding hydrogens is 288 g/mol. The molecule has 0 aliphatic rings. The number of hydrogen-bond donors (Lipinski definition) is 2. The Morgan fingerprint density at radius 3 is 2.53 bits per heavy atom. The Hall–Kier alpha value is -1.11. The Morgan fingerprint density at radius 2 is 2.00 bits per heavy atom. The number of amides is 1. The average molecular weight is 305 g/mol. The molecule has 0 saturated carbocycles. The van der Waals surface area contributed by atoms with Gasteiger partial charge in [-0.2, -0.15) is 0 Å². The maximum atomic E-state index is 11.9. The molecule has 1 aromatic rings. The van der Waals surface area contributed by atoms with Gasteiger partial charge in [-0.05, 0) is 31.2 Å². The summed E-state index contributed by atoms with van der Waals surface area (Å²) in [6.07, 6.45) is 0. The number of benzene rings is 1. The Kier molecular flexibility index (Phi) is 5.34. The van der Waals surface area contributed by atoms with Crippen molar-refractivity contribution in [2.45, 2.75) is 18.7 Å². The van der Waals surface area contributed by atoms with Gasteiger partial charge in [-0.3, -0.25) is 4.79 Å². The summed E-state index contributed by atoms with van der Waals surface area (Å²) in [6, 6.07) is 4.02. The summed E-state index contributed by atoms with van der Waals surface area (Å²) in [5.41, 5.74) is 0.152. The fourth-order valence-electron chi connectivity index (χ4n) is 1.36. The van der Waals surface area contributed by atoms with Crippen molar-refractivity contribution in [3.8, 4) is 0 Å². The highest BCUT2D eigenvalue weighted by Gasteiger charge is 2.17. The first-order valence-electron chi connectivity index (χ1n) is 5.79. The summed E-state index contributed by atoms with van der Waals surface area (Å²) in [5.74, 6) is -0.0844. The molecule has 1 aromatic carbocycles. The number of halogens is 1. The van der Waals surface area contributed by atoms with Crippen LogP contribution in [0, 0.1) is 5.92 Å². The second-order valence-electron chi connectivity index (χ2n) is 4.45. The molecule has 0 spiro atoms. The van der Waals surface area contributed by atoms with Crippen molar-refractivity contribution >= 4 is 27.5 Å². The molecule has 5 nitrogen and oxygen atoms in total. The van der Waals surface area contributed by atoms with Gasteiger partial charge in [0.25, 0.3) is 5.91 Å². The molecular formula is C12H17ClN2O3S. The maximum absolute atomic E-state index is 11.9. The van der Waals surface area contributed by atoms with Crippen LogP contribution >= 0.6 is 11.6 Å². The van der Waals surface area contributed by atoms with E-state index in [-0.39, 0.29) is 21.4 Å². The number of hydrogen-bond acceptors (Lipinski definition) is 3. The number of nitrogens with one attached hydrogen (secondary N) is 2. The van der Waals surface area contributed by atoms with Crippen LogP contribution in [0.3, 0.4) is 0 Å². The van der Waals surface area contributed by atoms with Crippen LogP contribution in [-0.4, -0.2) is 27.9 Å². The molecule has 0 aliphatic heterocycles. The van der Waals surface area contributed by atoms with Crippen molar-refractivity contribution in [2.75, 3.05) is 13.6 Å². The van der Waals surface area contributed by atoms with Gasteiger partial charge in [0.05, 0.1) is 15.5 Å². The number of sulfonamides is 1. The zero-order valence-electron chi connectivity index (χ0n) is 11.0. The molecule has 0 saturated heterocycles. The second kappa shape index (κ2) is 6.36. The first kappa shape index (κ1) is 15.9. The van der Waals surface area contributed by atoms with Crippen LogP contribution in [0.15, 0.2) is 23.1 Å². The fraction of sp³-hybridized carbons (Fsp3) is 0.417. The van der Waals surface area contributed by atoms with E-state index >= 15 is 0 Å². The summed E-state index contributed by atoms with van der Waals surface area (Å²) in [7, 11) is -2.28. The molecule has 0 aliphatic carbocycles. The lowest BCUT2D eigenvalue weighted by Crippen LogP contribution is -2.28.